The molecule has 0 saturated heterocycles. The molecule has 0 radical (unpaired) electrons. The van der Waals surface area contributed by atoms with Crippen LogP contribution in [-0.2, 0) is 27.3 Å². The molecular formula is C30H37N7O6. The summed E-state index contributed by atoms with van der Waals surface area (Å²) in [6, 6.07) is 11.0. The lowest BCUT2D eigenvalue weighted by atomic mass is 10.0. The Labute approximate surface area is 249 Å². The topological polar surface area (TPSA) is 179 Å². The van der Waals surface area contributed by atoms with E-state index in [1.807, 2.05) is 44.2 Å². The van der Waals surface area contributed by atoms with E-state index in [2.05, 4.69) is 31.4 Å². The summed E-state index contributed by atoms with van der Waals surface area (Å²) in [5, 5.41) is 14.7. The third kappa shape index (κ3) is 8.53. The van der Waals surface area contributed by atoms with Gasteiger partial charge < -0.3 is 35.7 Å². The summed E-state index contributed by atoms with van der Waals surface area (Å²) in [4.78, 5) is 70.4. The van der Waals surface area contributed by atoms with Crippen molar-refractivity contribution in [1.82, 2.24) is 36.3 Å². The average Bonchev–Trinajstić information content (AvgIpc) is 3.68. The van der Waals surface area contributed by atoms with Gasteiger partial charge in [0.2, 0.25) is 17.7 Å². The van der Waals surface area contributed by atoms with Crippen LogP contribution in [0.4, 0.5) is 0 Å². The van der Waals surface area contributed by atoms with Crippen LogP contribution in [0.2, 0.25) is 0 Å². The molecule has 13 heteroatoms. The van der Waals surface area contributed by atoms with Crippen molar-refractivity contribution >= 4 is 29.5 Å². The van der Waals surface area contributed by atoms with E-state index in [1.165, 1.54) is 17.9 Å². The zero-order chi connectivity index (χ0) is 30.9. The normalized spacial score (nSPS) is 20.8. The lowest BCUT2D eigenvalue weighted by molar-refractivity contribution is -0.132. The molecule has 3 heterocycles. The van der Waals surface area contributed by atoms with Gasteiger partial charge in [0.15, 0.2) is 11.5 Å². The minimum atomic E-state index is -1.01. The molecule has 2 bridgehead atoms. The number of H-pyrrole nitrogens is 1. The maximum atomic E-state index is 13.5. The number of nitrogens with one attached hydrogen (secondary N) is 5. The summed E-state index contributed by atoms with van der Waals surface area (Å²) in [6.45, 7) is 5.43. The first-order valence-corrected chi connectivity index (χ1v) is 14.2. The fourth-order valence-electron chi connectivity index (χ4n) is 4.67. The second kappa shape index (κ2) is 14.3. The van der Waals surface area contributed by atoms with Crippen molar-refractivity contribution in [2.24, 2.45) is 5.92 Å². The van der Waals surface area contributed by atoms with Crippen molar-refractivity contribution in [3.8, 4) is 0 Å². The van der Waals surface area contributed by atoms with Crippen molar-refractivity contribution in [3.05, 3.63) is 77.4 Å². The van der Waals surface area contributed by atoms with Gasteiger partial charge in [0.25, 0.3) is 11.8 Å². The molecule has 1 aromatic carbocycles. The molecule has 3 aromatic rings. The van der Waals surface area contributed by atoms with Crippen LogP contribution < -0.4 is 21.3 Å². The molecule has 0 fully saturated rings. The lowest BCUT2D eigenvalue weighted by Gasteiger charge is -2.26. The number of aromatic amines is 1. The van der Waals surface area contributed by atoms with E-state index in [4.69, 9.17) is 4.52 Å². The Kier molecular flexibility index (Phi) is 10.3. The quantitative estimate of drug-likeness (QED) is 0.295. The van der Waals surface area contributed by atoms with E-state index in [-0.39, 0.29) is 49.3 Å². The van der Waals surface area contributed by atoms with Crippen LogP contribution >= 0.6 is 0 Å². The third-order valence-corrected chi connectivity index (χ3v) is 6.93. The largest absolute Gasteiger partial charge is 0.359 e. The highest BCUT2D eigenvalue weighted by Gasteiger charge is 2.30. The number of benzene rings is 1. The van der Waals surface area contributed by atoms with Crippen molar-refractivity contribution in [1.29, 1.82) is 0 Å². The Bertz CT molecular complexity index is 1420. The Morgan fingerprint density at radius 3 is 2.42 bits per heavy atom. The van der Waals surface area contributed by atoms with Gasteiger partial charge in [-0.15, -0.1) is 0 Å². The number of aromatic nitrogens is 2. The predicted molar refractivity (Wildman–Crippen MR) is 155 cm³/mol. The Hall–Kier alpha value is -4.94. The summed E-state index contributed by atoms with van der Waals surface area (Å²) in [6.07, 6.45) is 2.13. The number of hydrogen-bond acceptors (Lipinski definition) is 7. The Morgan fingerprint density at radius 2 is 1.72 bits per heavy atom. The summed E-state index contributed by atoms with van der Waals surface area (Å²) < 4.78 is 5.33. The van der Waals surface area contributed by atoms with Crippen LogP contribution in [-0.4, -0.2) is 75.8 Å². The number of fused-ring (bicyclic) bond motifs is 2. The van der Waals surface area contributed by atoms with Gasteiger partial charge in [0, 0.05) is 31.8 Å². The van der Waals surface area contributed by atoms with Gasteiger partial charge in [-0.1, -0.05) is 49.3 Å². The van der Waals surface area contributed by atoms with Gasteiger partial charge >= 0.3 is 0 Å². The molecule has 13 nitrogen and oxygen atoms in total. The molecule has 228 valence electrons. The second-order valence-corrected chi connectivity index (χ2v) is 10.9. The predicted octanol–water partition coefficient (Wildman–Crippen LogP) is 1.15. The van der Waals surface area contributed by atoms with E-state index < -0.39 is 41.8 Å². The van der Waals surface area contributed by atoms with Crippen LogP contribution in [0.3, 0.4) is 0 Å². The number of carbonyl (C=O) groups excluding carboxylic acids is 5. The Morgan fingerprint density at radius 1 is 0.977 bits per heavy atom. The fraction of sp³-hybridized carbons (Fsp3) is 0.400. The minimum absolute atomic E-state index is 0.0366. The van der Waals surface area contributed by atoms with E-state index in [0.29, 0.717) is 12.1 Å². The lowest BCUT2D eigenvalue weighted by Crippen LogP contribution is -2.57. The SMILES string of the molecule is CC(C)C[C@H]1NC(=O)[C@@H](C)NC(=O)c2cc(on2)CN(C(=O)c2ccc[nH]2)CCNC(=O)[C@@H](Cc2ccccc2)NC1=O. The number of hydrogen-bond donors (Lipinski definition) is 5. The third-order valence-electron chi connectivity index (χ3n) is 6.93. The van der Waals surface area contributed by atoms with Crippen LogP contribution in [0.5, 0.6) is 0 Å². The zero-order valence-electron chi connectivity index (χ0n) is 24.4. The first-order chi connectivity index (χ1) is 20.6. The molecule has 0 unspecified atom stereocenters. The van der Waals surface area contributed by atoms with Crippen LogP contribution in [0.25, 0.3) is 0 Å². The highest BCUT2D eigenvalue weighted by molar-refractivity contribution is 5.97. The molecule has 43 heavy (non-hydrogen) atoms. The number of nitrogens with zero attached hydrogens (tertiary/aromatic N) is 2. The van der Waals surface area contributed by atoms with E-state index in [9.17, 15) is 24.0 Å². The highest BCUT2D eigenvalue weighted by atomic mass is 16.5. The Balaban J connectivity index is 1.63. The summed E-state index contributed by atoms with van der Waals surface area (Å²) in [7, 11) is 0. The molecule has 0 spiro atoms. The zero-order valence-corrected chi connectivity index (χ0v) is 24.4. The minimum Gasteiger partial charge on any atom is -0.359 e. The smallest absolute Gasteiger partial charge is 0.274 e. The molecule has 2 aromatic heterocycles. The highest BCUT2D eigenvalue weighted by Crippen LogP contribution is 2.12. The first-order valence-electron chi connectivity index (χ1n) is 14.2. The standard InChI is InChI=1S/C30H37N7O6/c1-18(2)14-23-28(40)35-24(15-20-8-5-4-6-9-20)27(39)32-12-13-37(30(42)22-10-7-11-31-22)17-21-16-25(36-43-21)29(41)33-19(3)26(38)34-23/h4-11,16,18-19,23-24,31H,12-15,17H2,1-3H3,(H,32,39)(H,33,41)(H,34,38)(H,35,40)/t19-,23-,24-/m1/s1. The molecule has 3 atom stereocenters. The van der Waals surface area contributed by atoms with E-state index in [1.54, 1.807) is 18.3 Å². The van der Waals surface area contributed by atoms with Crippen LogP contribution in [0, 0.1) is 5.92 Å². The summed E-state index contributed by atoms with van der Waals surface area (Å²) >= 11 is 0. The van der Waals surface area contributed by atoms with E-state index in [0.717, 1.165) is 5.56 Å². The molecule has 5 amide bonds. The van der Waals surface area contributed by atoms with Gasteiger partial charge in [-0.25, -0.2) is 0 Å². The van der Waals surface area contributed by atoms with E-state index >= 15 is 0 Å². The van der Waals surface area contributed by atoms with Crippen molar-refractivity contribution in [2.45, 2.75) is 58.3 Å². The monoisotopic (exact) mass is 591 g/mol. The number of carbonyl (C=O) groups is 5. The average molecular weight is 592 g/mol. The molecule has 5 N–H and O–H groups in total. The van der Waals surface area contributed by atoms with Crippen LogP contribution in [0.1, 0.15) is 59.5 Å². The van der Waals surface area contributed by atoms with Gasteiger partial charge in [0.05, 0.1) is 6.54 Å². The molecular weight excluding hydrogens is 554 g/mol. The maximum Gasteiger partial charge on any atom is 0.274 e. The van der Waals surface area contributed by atoms with Crippen LogP contribution in [0.15, 0.2) is 59.3 Å². The summed E-state index contributed by atoms with van der Waals surface area (Å²) in [5.41, 5.74) is 1.09. The van der Waals surface area contributed by atoms with Crippen molar-refractivity contribution in [3.63, 3.8) is 0 Å². The molecule has 4 rings (SSSR count). The molecule has 0 saturated carbocycles. The van der Waals surface area contributed by atoms with Gasteiger partial charge in [-0.05, 0) is 37.0 Å². The maximum absolute atomic E-state index is 13.5. The summed E-state index contributed by atoms with van der Waals surface area (Å²) in [5.74, 6) is -2.28. The van der Waals surface area contributed by atoms with Crippen molar-refractivity contribution < 1.29 is 28.5 Å². The molecule has 1 aliphatic heterocycles. The van der Waals surface area contributed by atoms with Gasteiger partial charge in [-0.3, -0.25) is 24.0 Å². The van der Waals surface area contributed by atoms with Gasteiger partial charge in [-0.2, -0.15) is 0 Å². The molecule has 0 aliphatic carbocycles. The first kappa shape index (κ1) is 31.0. The van der Waals surface area contributed by atoms with Crippen molar-refractivity contribution in [2.75, 3.05) is 13.1 Å². The number of amides is 5. The fourth-order valence-corrected chi connectivity index (χ4v) is 4.67. The second-order valence-electron chi connectivity index (χ2n) is 10.9. The van der Waals surface area contributed by atoms with Gasteiger partial charge in [0.1, 0.15) is 23.8 Å². The number of rotatable bonds is 5. The molecule has 1 aliphatic rings.